The number of thiazole rings is 1. The number of para-hydroxylation sites is 1. The Balaban J connectivity index is 0.00000341. The zero-order valence-corrected chi connectivity index (χ0v) is 20.4. The van der Waals surface area contributed by atoms with E-state index in [4.69, 9.17) is 4.98 Å². The molecule has 0 aliphatic heterocycles. The molecule has 3 rings (SSSR count). The normalized spacial score (nSPS) is 11.5. The predicted molar refractivity (Wildman–Crippen MR) is 130 cm³/mol. The van der Waals surface area contributed by atoms with Crippen LogP contribution in [0.2, 0.25) is 0 Å². The Labute approximate surface area is 194 Å². The lowest BCUT2D eigenvalue weighted by atomic mass is 10.1. The van der Waals surface area contributed by atoms with Gasteiger partial charge in [0.1, 0.15) is 5.75 Å². The molecule has 0 N–H and O–H groups in total. The number of benzene rings is 2. The molecule has 0 spiro atoms. The fourth-order valence-electron chi connectivity index (χ4n) is 3.22. The van der Waals surface area contributed by atoms with Gasteiger partial charge in [0.25, 0.3) is 0 Å². The maximum atomic E-state index is 13.1. The van der Waals surface area contributed by atoms with Crippen LogP contribution in [0.4, 0.5) is 5.13 Å². The third kappa shape index (κ3) is 6.26. The first-order chi connectivity index (χ1) is 14.3. The molecule has 0 radical (unpaired) electrons. The summed E-state index contributed by atoms with van der Waals surface area (Å²) in [7, 11) is 0.217. The van der Waals surface area contributed by atoms with Gasteiger partial charge in [-0.3, -0.25) is 9.69 Å². The Hall–Kier alpha value is -2.00. The minimum absolute atomic E-state index is 0. The van der Waals surface area contributed by atoms with E-state index in [1.54, 1.807) is 18.2 Å². The van der Waals surface area contributed by atoms with E-state index in [-0.39, 0.29) is 17.3 Å². The Morgan fingerprint density at radius 2 is 1.74 bits per heavy atom. The lowest BCUT2D eigenvalue weighted by Gasteiger charge is -2.21. The first-order valence-electron chi connectivity index (χ1n) is 9.93. The molecule has 3 aromatic rings. The second-order valence-corrected chi connectivity index (χ2v) is 10.4. The van der Waals surface area contributed by atoms with E-state index in [9.17, 15) is 13.2 Å². The van der Waals surface area contributed by atoms with E-state index >= 15 is 0 Å². The monoisotopic (exact) mass is 481 g/mol. The number of aryl methyl sites for hydroxylation is 1. The minimum Gasteiger partial charge on any atom is -0.309 e. The topological polar surface area (TPSA) is 70.6 Å². The molecule has 6 nitrogen and oxygen atoms in total. The van der Waals surface area contributed by atoms with Crippen LogP contribution in [-0.4, -0.2) is 57.1 Å². The van der Waals surface area contributed by atoms with E-state index in [2.05, 4.69) is 6.92 Å². The minimum atomic E-state index is -3.72. The molecular weight excluding hydrogens is 454 g/mol. The van der Waals surface area contributed by atoms with Crippen LogP contribution in [0.25, 0.3) is 10.2 Å². The van der Waals surface area contributed by atoms with E-state index < -0.39 is 21.5 Å². The average molecular weight is 482 g/mol. The molecule has 0 fully saturated rings. The second kappa shape index (κ2) is 11.0. The predicted octanol–water partition coefficient (Wildman–Crippen LogP) is 4.04. The summed E-state index contributed by atoms with van der Waals surface area (Å²) in [6, 6.07) is 14.1. The molecule has 1 aromatic heterocycles. The fourth-order valence-corrected chi connectivity index (χ4v) is 5.49. The summed E-state index contributed by atoms with van der Waals surface area (Å²) in [4.78, 5) is 21.6. The maximum Gasteiger partial charge on any atom is 0.244 e. The number of fused-ring (bicyclic) bond motifs is 1. The van der Waals surface area contributed by atoms with Crippen LogP contribution in [0.3, 0.4) is 0 Å². The van der Waals surface area contributed by atoms with Crippen molar-refractivity contribution in [3.05, 3.63) is 54.1 Å². The molecule has 9 heteroatoms. The van der Waals surface area contributed by atoms with Crippen molar-refractivity contribution in [3.8, 4) is 0 Å². The van der Waals surface area contributed by atoms with Gasteiger partial charge in [0.15, 0.2) is 15.0 Å². The number of anilines is 1. The van der Waals surface area contributed by atoms with Gasteiger partial charge in [0, 0.05) is 6.54 Å². The highest BCUT2D eigenvalue weighted by molar-refractivity contribution is 7.92. The molecule has 1 amide bonds. The second-order valence-electron chi connectivity index (χ2n) is 7.39. The molecule has 2 aromatic carbocycles. The fraction of sp³-hybridized carbons (Fsp3) is 0.364. The molecule has 0 saturated heterocycles. The zero-order valence-electron chi connectivity index (χ0n) is 17.9. The lowest BCUT2D eigenvalue weighted by Crippen LogP contribution is -2.37. The van der Waals surface area contributed by atoms with Crippen molar-refractivity contribution in [2.45, 2.75) is 24.7 Å². The van der Waals surface area contributed by atoms with Crippen molar-refractivity contribution in [3.63, 3.8) is 0 Å². The van der Waals surface area contributed by atoms with Crippen LogP contribution in [0.15, 0.2) is 53.4 Å². The van der Waals surface area contributed by atoms with Gasteiger partial charge in [-0.05, 0) is 57.2 Å². The van der Waals surface area contributed by atoms with Crippen LogP contribution in [0.1, 0.15) is 18.9 Å². The van der Waals surface area contributed by atoms with Crippen molar-refractivity contribution in [2.75, 3.05) is 37.8 Å². The van der Waals surface area contributed by atoms with Crippen molar-refractivity contribution in [1.29, 1.82) is 0 Å². The SMILES string of the molecule is CCc1cccc2sc(N(CCCN(C)C)C(=O)CS(=O)(=O)c3ccccc3)nc12.Cl. The number of rotatable bonds is 9. The Bertz CT molecular complexity index is 1120. The van der Waals surface area contributed by atoms with Crippen LogP contribution < -0.4 is 4.90 Å². The highest BCUT2D eigenvalue weighted by Gasteiger charge is 2.26. The molecule has 0 unspecified atom stereocenters. The van der Waals surface area contributed by atoms with E-state index in [1.165, 1.54) is 28.4 Å². The van der Waals surface area contributed by atoms with Gasteiger partial charge in [0.2, 0.25) is 5.91 Å². The zero-order chi connectivity index (χ0) is 21.7. The molecule has 1 heterocycles. The van der Waals surface area contributed by atoms with Crippen LogP contribution in [0.5, 0.6) is 0 Å². The average Bonchev–Trinajstić information content (AvgIpc) is 3.15. The summed E-state index contributed by atoms with van der Waals surface area (Å²) in [6.45, 7) is 3.28. The molecular formula is C22H28ClN3O3S2. The summed E-state index contributed by atoms with van der Waals surface area (Å²) >= 11 is 1.43. The van der Waals surface area contributed by atoms with E-state index in [0.29, 0.717) is 11.7 Å². The number of amides is 1. The van der Waals surface area contributed by atoms with Crippen molar-refractivity contribution < 1.29 is 13.2 Å². The smallest absolute Gasteiger partial charge is 0.244 e. The maximum absolute atomic E-state index is 13.1. The Morgan fingerprint density at radius 1 is 1.03 bits per heavy atom. The van der Waals surface area contributed by atoms with Crippen molar-refractivity contribution in [1.82, 2.24) is 9.88 Å². The molecule has 31 heavy (non-hydrogen) atoms. The number of nitrogens with zero attached hydrogens (tertiary/aromatic N) is 3. The highest BCUT2D eigenvalue weighted by atomic mass is 35.5. The third-order valence-electron chi connectivity index (χ3n) is 4.81. The lowest BCUT2D eigenvalue weighted by molar-refractivity contribution is -0.116. The summed E-state index contributed by atoms with van der Waals surface area (Å²) < 4.78 is 26.5. The van der Waals surface area contributed by atoms with Gasteiger partial charge < -0.3 is 4.90 Å². The molecule has 168 valence electrons. The van der Waals surface area contributed by atoms with Gasteiger partial charge in [-0.2, -0.15) is 0 Å². The van der Waals surface area contributed by atoms with Gasteiger partial charge in [-0.15, -0.1) is 12.4 Å². The summed E-state index contributed by atoms with van der Waals surface area (Å²) in [5, 5.41) is 0.554. The summed E-state index contributed by atoms with van der Waals surface area (Å²) in [5.41, 5.74) is 2.00. The number of hydrogen-bond acceptors (Lipinski definition) is 6. The van der Waals surface area contributed by atoms with E-state index in [0.717, 1.165) is 35.2 Å². The summed E-state index contributed by atoms with van der Waals surface area (Å²) in [5.74, 6) is -1.02. The molecule has 0 bridgehead atoms. The Morgan fingerprint density at radius 3 is 2.39 bits per heavy atom. The largest absolute Gasteiger partial charge is 0.309 e. The van der Waals surface area contributed by atoms with Crippen LogP contribution >= 0.6 is 23.7 Å². The van der Waals surface area contributed by atoms with Gasteiger partial charge in [-0.25, -0.2) is 13.4 Å². The van der Waals surface area contributed by atoms with Crippen LogP contribution in [0, 0.1) is 0 Å². The first kappa shape index (κ1) is 25.3. The molecule has 0 aliphatic rings. The quantitative estimate of drug-likeness (QED) is 0.461. The van der Waals surface area contributed by atoms with Crippen molar-refractivity contribution >= 4 is 54.8 Å². The number of hydrogen-bond donors (Lipinski definition) is 0. The Kier molecular flexibility index (Phi) is 9.00. The van der Waals surface area contributed by atoms with Gasteiger partial charge >= 0.3 is 0 Å². The number of sulfone groups is 1. The van der Waals surface area contributed by atoms with Crippen molar-refractivity contribution in [2.24, 2.45) is 0 Å². The first-order valence-corrected chi connectivity index (χ1v) is 12.4. The van der Waals surface area contributed by atoms with E-state index in [1.807, 2.05) is 37.2 Å². The third-order valence-corrected chi connectivity index (χ3v) is 7.47. The van der Waals surface area contributed by atoms with Gasteiger partial charge in [-0.1, -0.05) is 48.6 Å². The van der Waals surface area contributed by atoms with Crippen LogP contribution in [-0.2, 0) is 21.1 Å². The number of halogens is 1. The number of carbonyl (C=O) groups excluding carboxylic acids is 1. The number of aromatic nitrogens is 1. The summed E-state index contributed by atoms with van der Waals surface area (Å²) in [6.07, 6.45) is 1.57. The molecule has 0 atom stereocenters. The van der Waals surface area contributed by atoms with Gasteiger partial charge in [0.05, 0.1) is 15.1 Å². The molecule has 0 saturated carbocycles. The number of carbonyl (C=O) groups is 1. The standard InChI is InChI=1S/C22H27N3O3S2.ClH/c1-4-17-10-8-13-19-21(17)23-22(29-19)25(15-9-14-24(2)3)20(26)16-30(27,28)18-11-6-5-7-12-18;/h5-8,10-13H,4,9,14-16H2,1-3H3;1H. The molecule has 0 aliphatic carbocycles. The highest BCUT2D eigenvalue weighted by Crippen LogP contribution is 2.31.